The number of halogens is 1. The van der Waals surface area contributed by atoms with Gasteiger partial charge in [0.25, 0.3) is 0 Å². The topological polar surface area (TPSA) is 36.1 Å². The Hall–Kier alpha value is -1.86. The minimum Gasteiger partial charge on any atom is -0.239 e. The molecular formula is C12H7FN2S. The van der Waals surface area contributed by atoms with Gasteiger partial charge in [0.2, 0.25) is 0 Å². The van der Waals surface area contributed by atoms with Crippen LogP contribution >= 0.6 is 12.2 Å². The standard InChI is InChI=1S/C12H7FN2S/c13-10-4-2-1-3-9(10)11-6-5-8(7-14)12(16)15-11/h1-6,8H. The molecule has 1 aliphatic rings. The molecule has 1 atom stereocenters. The summed E-state index contributed by atoms with van der Waals surface area (Å²) in [5, 5.41) is 8.74. The van der Waals surface area contributed by atoms with Gasteiger partial charge >= 0.3 is 0 Å². The van der Waals surface area contributed by atoms with Crippen LogP contribution in [-0.4, -0.2) is 10.7 Å². The minimum atomic E-state index is -0.481. The van der Waals surface area contributed by atoms with Crippen LogP contribution in [0.25, 0.3) is 0 Å². The predicted molar refractivity (Wildman–Crippen MR) is 63.8 cm³/mol. The lowest BCUT2D eigenvalue weighted by Gasteiger charge is -2.10. The van der Waals surface area contributed by atoms with Crippen LogP contribution in [0.15, 0.2) is 41.4 Å². The molecule has 1 aromatic rings. The number of dihydropyridines is 1. The van der Waals surface area contributed by atoms with Crippen molar-refractivity contribution in [2.45, 2.75) is 0 Å². The molecule has 0 radical (unpaired) electrons. The van der Waals surface area contributed by atoms with Gasteiger partial charge in [-0.15, -0.1) is 0 Å². The number of nitriles is 1. The number of aliphatic imine (C=N–C) groups is 1. The van der Waals surface area contributed by atoms with E-state index in [2.05, 4.69) is 4.99 Å². The number of rotatable bonds is 1. The molecular weight excluding hydrogens is 223 g/mol. The Morgan fingerprint density at radius 2 is 2.12 bits per heavy atom. The van der Waals surface area contributed by atoms with Gasteiger partial charge in [-0.1, -0.05) is 30.4 Å². The summed E-state index contributed by atoms with van der Waals surface area (Å²) in [5.74, 6) is -0.824. The van der Waals surface area contributed by atoms with Gasteiger partial charge in [-0.2, -0.15) is 5.26 Å². The summed E-state index contributed by atoms with van der Waals surface area (Å²) in [6.07, 6.45) is 3.26. The zero-order valence-corrected chi connectivity index (χ0v) is 9.04. The maximum atomic E-state index is 13.5. The monoisotopic (exact) mass is 230 g/mol. The zero-order valence-electron chi connectivity index (χ0n) is 8.22. The molecule has 0 fully saturated rings. The number of benzene rings is 1. The van der Waals surface area contributed by atoms with Gasteiger partial charge in [-0.3, -0.25) is 0 Å². The number of hydrogen-bond acceptors (Lipinski definition) is 2. The lowest BCUT2D eigenvalue weighted by molar-refractivity contribution is 0.625. The highest BCUT2D eigenvalue weighted by atomic mass is 32.1. The second-order valence-corrected chi connectivity index (χ2v) is 3.70. The van der Waals surface area contributed by atoms with Crippen molar-refractivity contribution in [1.29, 1.82) is 5.26 Å². The van der Waals surface area contributed by atoms with Crippen molar-refractivity contribution in [3.05, 3.63) is 47.8 Å². The van der Waals surface area contributed by atoms with E-state index in [1.165, 1.54) is 6.07 Å². The second kappa shape index (κ2) is 4.33. The molecule has 0 N–H and O–H groups in total. The summed E-state index contributed by atoms with van der Waals surface area (Å²) < 4.78 is 13.5. The van der Waals surface area contributed by atoms with Gasteiger partial charge in [-0.05, 0) is 18.2 Å². The van der Waals surface area contributed by atoms with E-state index in [0.29, 0.717) is 11.3 Å². The van der Waals surface area contributed by atoms with Crippen molar-refractivity contribution >= 4 is 22.9 Å². The van der Waals surface area contributed by atoms with Crippen LogP contribution in [0.4, 0.5) is 4.39 Å². The van der Waals surface area contributed by atoms with Crippen LogP contribution < -0.4 is 0 Å². The minimum absolute atomic E-state index is 0.281. The average Bonchev–Trinajstić information content (AvgIpc) is 2.29. The molecule has 1 aliphatic heterocycles. The van der Waals surface area contributed by atoms with Crippen LogP contribution in [0.2, 0.25) is 0 Å². The second-order valence-electron chi connectivity index (χ2n) is 3.28. The van der Waals surface area contributed by atoms with Crippen LogP contribution in [0.3, 0.4) is 0 Å². The Morgan fingerprint density at radius 3 is 2.75 bits per heavy atom. The molecule has 78 valence electrons. The van der Waals surface area contributed by atoms with Crippen LogP contribution in [0.5, 0.6) is 0 Å². The summed E-state index contributed by atoms with van der Waals surface area (Å²) in [4.78, 5) is 4.35. The summed E-state index contributed by atoms with van der Waals surface area (Å²) >= 11 is 4.96. The summed E-state index contributed by atoms with van der Waals surface area (Å²) in [5.41, 5.74) is 0.868. The number of hydrogen-bond donors (Lipinski definition) is 0. The highest BCUT2D eigenvalue weighted by molar-refractivity contribution is 7.80. The van der Waals surface area contributed by atoms with Crippen LogP contribution in [0, 0.1) is 23.1 Å². The fourth-order valence-electron chi connectivity index (χ4n) is 1.41. The Kier molecular flexibility index (Phi) is 2.88. The first kappa shape index (κ1) is 10.7. The highest BCUT2D eigenvalue weighted by Gasteiger charge is 2.17. The van der Waals surface area contributed by atoms with E-state index >= 15 is 0 Å². The average molecular weight is 230 g/mol. The molecule has 1 aromatic carbocycles. The van der Waals surface area contributed by atoms with E-state index in [1.807, 2.05) is 6.07 Å². The van der Waals surface area contributed by atoms with Crippen molar-refractivity contribution in [3.63, 3.8) is 0 Å². The first-order valence-electron chi connectivity index (χ1n) is 4.67. The molecule has 0 bridgehead atoms. The highest BCUT2D eigenvalue weighted by Crippen LogP contribution is 2.15. The third-order valence-electron chi connectivity index (χ3n) is 2.23. The first-order valence-corrected chi connectivity index (χ1v) is 5.08. The Labute approximate surface area is 97.7 Å². The van der Waals surface area contributed by atoms with Crippen molar-refractivity contribution in [2.75, 3.05) is 0 Å². The van der Waals surface area contributed by atoms with E-state index in [1.54, 1.807) is 30.4 Å². The Bertz CT molecular complexity index is 540. The molecule has 0 aliphatic carbocycles. The third-order valence-corrected chi connectivity index (χ3v) is 2.58. The molecule has 1 unspecified atom stereocenters. The van der Waals surface area contributed by atoms with E-state index in [-0.39, 0.29) is 10.8 Å². The quantitative estimate of drug-likeness (QED) is 0.695. The Balaban J connectivity index is 2.40. The van der Waals surface area contributed by atoms with E-state index < -0.39 is 5.92 Å². The summed E-state index contributed by atoms with van der Waals surface area (Å²) in [6.45, 7) is 0. The van der Waals surface area contributed by atoms with Gasteiger partial charge < -0.3 is 0 Å². The molecule has 2 rings (SSSR count). The molecule has 16 heavy (non-hydrogen) atoms. The third kappa shape index (κ3) is 1.90. The number of nitrogens with zero attached hydrogens (tertiary/aromatic N) is 2. The van der Waals surface area contributed by atoms with Crippen molar-refractivity contribution in [2.24, 2.45) is 10.9 Å². The van der Waals surface area contributed by atoms with Gasteiger partial charge in [0.05, 0.1) is 11.8 Å². The maximum Gasteiger partial charge on any atom is 0.132 e. The zero-order chi connectivity index (χ0) is 11.5. The predicted octanol–water partition coefficient (Wildman–Crippen LogP) is 2.65. The van der Waals surface area contributed by atoms with Gasteiger partial charge in [0, 0.05) is 5.56 Å². The van der Waals surface area contributed by atoms with E-state index in [4.69, 9.17) is 17.5 Å². The number of allylic oxidation sites excluding steroid dienone is 1. The fourth-order valence-corrected chi connectivity index (χ4v) is 1.64. The van der Waals surface area contributed by atoms with Crippen molar-refractivity contribution < 1.29 is 4.39 Å². The van der Waals surface area contributed by atoms with Crippen LogP contribution in [-0.2, 0) is 0 Å². The molecule has 0 saturated heterocycles. The lowest BCUT2D eigenvalue weighted by atomic mass is 10.0. The smallest absolute Gasteiger partial charge is 0.132 e. The fraction of sp³-hybridized carbons (Fsp3) is 0.0833. The van der Waals surface area contributed by atoms with Gasteiger partial charge in [-0.25, -0.2) is 9.38 Å². The molecule has 1 heterocycles. The summed E-state index contributed by atoms with van der Waals surface area (Å²) in [6, 6.07) is 8.35. The molecule has 0 spiro atoms. The van der Waals surface area contributed by atoms with Crippen LogP contribution in [0.1, 0.15) is 5.56 Å². The maximum absolute atomic E-state index is 13.5. The van der Waals surface area contributed by atoms with Gasteiger partial charge in [0.1, 0.15) is 16.7 Å². The normalized spacial score (nSPS) is 19.1. The van der Waals surface area contributed by atoms with E-state index in [9.17, 15) is 4.39 Å². The molecule has 0 aromatic heterocycles. The lowest BCUT2D eigenvalue weighted by Crippen LogP contribution is -2.14. The van der Waals surface area contributed by atoms with E-state index in [0.717, 1.165) is 0 Å². The SMILES string of the molecule is N#CC1C=CC(c2ccccc2F)=NC1=S. The molecule has 0 amide bonds. The van der Waals surface area contributed by atoms with Gasteiger partial charge in [0.15, 0.2) is 0 Å². The largest absolute Gasteiger partial charge is 0.239 e. The van der Waals surface area contributed by atoms with Crippen molar-refractivity contribution in [3.8, 4) is 6.07 Å². The Morgan fingerprint density at radius 1 is 1.38 bits per heavy atom. The molecule has 4 heteroatoms. The molecule has 0 saturated carbocycles. The summed E-state index contributed by atoms with van der Waals surface area (Å²) in [7, 11) is 0. The van der Waals surface area contributed by atoms with Crippen molar-refractivity contribution in [1.82, 2.24) is 0 Å². The number of thiocarbonyl (C=S) groups is 1. The molecule has 2 nitrogen and oxygen atoms in total. The first-order chi connectivity index (χ1) is 7.72.